The highest BCUT2D eigenvalue weighted by atomic mass is 35.5. The van der Waals surface area contributed by atoms with E-state index >= 15 is 0 Å². The molecule has 276 valence electrons. The summed E-state index contributed by atoms with van der Waals surface area (Å²) in [7, 11) is 1.70. The van der Waals surface area contributed by atoms with E-state index < -0.39 is 53.2 Å². The first kappa shape index (κ1) is 40.3. The van der Waals surface area contributed by atoms with E-state index in [1.165, 1.54) is 33.6 Å². The Morgan fingerprint density at radius 2 is 1.79 bits per heavy atom. The highest BCUT2D eigenvalue weighted by Gasteiger charge is 2.58. The number of tetrazole rings is 1. The van der Waals surface area contributed by atoms with Gasteiger partial charge in [-0.25, -0.2) is 15.5 Å². The quantitative estimate of drug-likeness (QED) is 0.0284. The van der Waals surface area contributed by atoms with Gasteiger partial charge in [-0.3, -0.25) is 24.6 Å². The highest BCUT2D eigenvalue weighted by molar-refractivity contribution is 8.00. The van der Waals surface area contributed by atoms with Gasteiger partial charge in [0, 0.05) is 30.5 Å². The SMILES string of the molecule is Cl.Cl.Cn1nnnc1SCC1(C(=O)OC(c2ccccc2)c2ccccc2)CS[C@@H]2C(NC(=O)C(=NOCC(=O)NN)c3csc(N)n3)C(=O)N2C1. The monoisotopic (exact) mass is 809 g/mol. The third-order valence-corrected chi connectivity index (χ3v) is 11.4. The smallest absolute Gasteiger partial charge is 0.316 e. The number of aromatic nitrogens is 5. The number of thiazole rings is 1. The molecule has 6 N–H and O–H groups in total. The molecule has 2 aliphatic rings. The van der Waals surface area contributed by atoms with Crippen LogP contribution in [-0.2, 0) is 35.8 Å². The van der Waals surface area contributed by atoms with Crippen LogP contribution in [0.2, 0.25) is 0 Å². The zero-order chi connectivity index (χ0) is 35.3. The van der Waals surface area contributed by atoms with Gasteiger partial charge in [-0.1, -0.05) is 77.6 Å². The van der Waals surface area contributed by atoms with Gasteiger partial charge < -0.3 is 25.5 Å². The van der Waals surface area contributed by atoms with Crippen molar-refractivity contribution in [2.75, 3.05) is 30.4 Å². The first-order valence-corrected chi connectivity index (χ1v) is 17.9. The first-order valence-electron chi connectivity index (χ1n) is 15.0. The van der Waals surface area contributed by atoms with Crippen molar-refractivity contribution >= 4 is 94.2 Å². The number of oxime groups is 1. The predicted octanol–water partition coefficient (Wildman–Crippen LogP) is 1.31. The van der Waals surface area contributed by atoms with E-state index in [9.17, 15) is 19.2 Å². The van der Waals surface area contributed by atoms with Crippen molar-refractivity contribution in [1.29, 1.82) is 0 Å². The standard InChI is InChI=1S/C30H31N11O6S3.2ClH/c1-40-29(36-38-39-40)50-16-30(27(45)47-23(17-8-4-2-5-9-17)18-10-6-3-7-11-18)14-41-25(44)22(26(41)49-15-30)34-24(43)21(19-13-48-28(31)33-19)37-46-12-20(42)35-32;;/h2-11,13,22-23,26H,12,14-16,32H2,1H3,(H2,31,33)(H,34,43)(H,35,42);2*1H/t22?,26-,30?;;/m1../s1. The molecule has 2 unspecified atom stereocenters. The Morgan fingerprint density at radius 1 is 1.12 bits per heavy atom. The number of halogens is 2. The third kappa shape index (κ3) is 8.76. The van der Waals surface area contributed by atoms with Crippen LogP contribution in [-0.4, -0.2) is 95.6 Å². The molecule has 52 heavy (non-hydrogen) atoms. The van der Waals surface area contributed by atoms with Gasteiger partial charge in [0.2, 0.25) is 11.1 Å². The van der Waals surface area contributed by atoms with Gasteiger partial charge in [-0.05, 0) is 21.6 Å². The Balaban J connectivity index is 0.00000302. The molecule has 2 fully saturated rings. The fourth-order valence-corrected chi connectivity index (χ4v) is 8.51. The van der Waals surface area contributed by atoms with Gasteiger partial charge in [0.15, 0.2) is 23.6 Å². The molecule has 3 atom stereocenters. The molecule has 3 amide bonds. The summed E-state index contributed by atoms with van der Waals surface area (Å²) < 4.78 is 7.83. The second-order valence-corrected chi connectivity index (χ2v) is 14.2. The van der Waals surface area contributed by atoms with Gasteiger partial charge in [0.05, 0.1) is 0 Å². The predicted molar refractivity (Wildman–Crippen MR) is 199 cm³/mol. The number of fused-ring (bicyclic) bond motifs is 1. The van der Waals surface area contributed by atoms with Gasteiger partial charge in [-0.15, -0.1) is 53.0 Å². The van der Waals surface area contributed by atoms with Crippen molar-refractivity contribution < 1.29 is 28.8 Å². The molecule has 2 saturated heterocycles. The number of aryl methyl sites for hydroxylation is 1. The van der Waals surface area contributed by atoms with Gasteiger partial charge in [0.1, 0.15) is 22.5 Å². The summed E-state index contributed by atoms with van der Waals surface area (Å²) in [4.78, 5) is 63.6. The van der Waals surface area contributed by atoms with E-state index in [1.54, 1.807) is 11.9 Å². The molecule has 6 rings (SSSR count). The largest absolute Gasteiger partial charge is 0.452 e. The number of ether oxygens (including phenoxy) is 1. The lowest BCUT2D eigenvalue weighted by Gasteiger charge is -2.54. The van der Waals surface area contributed by atoms with E-state index in [2.05, 4.69) is 31.0 Å². The Morgan fingerprint density at radius 3 is 2.37 bits per heavy atom. The number of amides is 3. The molecule has 22 heteroatoms. The van der Waals surface area contributed by atoms with Gasteiger partial charge >= 0.3 is 5.97 Å². The number of hydrogen-bond acceptors (Lipinski definition) is 16. The lowest BCUT2D eigenvalue weighted by molar-refractivity contribution is -0.164. The van der Waals surface area contributed by atoms with Crippen LogP contribution in [0.4, 0.5) is 5.13 Å². The number of esters is 1. The summed E-state index contributed by atoms with van der Waals surface area (Å²) in [5, 5.41) is 19.8. The maximum absolute atomic E-state index is 14.4. The highest BCUT2D eigenvalue weighted by Crippen LogP contribution is 2.45. The molecule has 4 heterocycles. The number of nitrogens with one attached hydrogen (secondary N) is 2. The van der Waals surface area contributed by atoms with Gasteiger partial charge in [-0.2, -0.15) is 0 Å². The minimum Gasteiger partial charge on any atom is -0.452 e. The molecule has 0 saturated carbocycles. The molecule has 2 aliphatic heterocycles. The Labute approximate surface area is 321 Å². The van der Waals surface area contributed by atoms with Crippen molar-refractivity contribution in [2.24, 2.45) is 23.5 Å². The number of nitrogen functional groups attached to an aromatic ring is 1. The molecule has 0 aliphatic carbocycles. The van der Waals surface area contributed by atoms with Crippen LogP contribution in [0.5, 0.6) is 0 Å². The average molecular weight is 811 g/mol. The molecule has 17 nitrogen and oxygen atoms in total. The number of β-lactam (4-membered cyclic amide) rings is 1. The van der Waals surface area contributed by atoms with Crippen LogP contribution in [0, 0.1) is 5.41 Å². The van der Waals surface area contributed by atoms with E-state index in [0.717, 1.165) is 22.5 Å². The molecule has 0 spiro atoms. The summed E-state index contributed by atoms with van der Waals surface area (Å²) in [5.41, 5.74) is 7.90. The number of anilines is 1. The Hall–Kier alpha value is -4.47. The van der Waals surface area contributed by atoms with Crippen molar-refractivity contribution in [2.45, 2.75) is 22.7 Å². The number of carbonyl (C=O) groups excluding carboxylic acids is 4. The second-order valence-electron chi connectivity index (χ2n) is 11.2. The van der Waals surface area contributed by atoms with Crippen LogP contribution >= 0.6 is 59.7 Å². The number of rotatable bonds is 13. The topological polar surface area (TPSA) is 235 Å². The van der Waals surface area contributed by atoms with E-state index in [0.29, 0.717) is 5.16 Å². The van der Waals surface area contributed by atoms with Crippen LogP contribution in [0.25, 0.3) is 0 Å². The number of hydrazine groups is 1. The van der Waals surface area contributed by atoms with Crippen LogP contribution in [0.15, 0.2) is 76.4 Å². The summed E-state index contributed by atoms with van der Waals surface area (Å²) >= 11 is 3.70. The van der Waals surface area contributed by atoms with Gasteiger partial charge in [0.25, 0.3) is 11.8 Å². The number of nitrogens with zero attached hydrogens (tertiary/aromatic N) is 7. The minimum atomic E-state index is -1.16. The average Bonchev–Trinajstić information content (AvgIpc) is 3.77. The molecule has 2 aromatic heterocycles. The molecule has 4 aromatic rings. The lowest BCUT2D eigenvalue weighted by Crippen LogP contribution is -2.74. The van der Waals surface area contributed by atoms with Crippen molar-refractivity contribution in [3.05, 3.63) is 82.9 Å². The number of nitrogens with two attached hydrogens (primary N) is 2. The number of thioether (sulfide) groups is 2. The van der Waals surface area contributed by atoms with Crippen molar-refractivity contribution in [1.82, 2.24) is 40.8 Å². The normalized spacial score (nSPS) is 19.3. The number of benzene rings is 2. The van der Waals surface area contributed by atoms with Crippen molar-refractivity contribution in [3.63, 3.8) is 0 Å². The van der Waals surface area contributed by atoms with Crippen molar-refractivity contribution in [3.8, 4) is 0 Å². The molecular formula is C30H33Cl2N11O6S3. The summed E-state index contributed by atoms with van der Waals surface area (Å²) in [5.74, 6) is 3.23. The maximum atomic E-state index is 14.4. The molecule has 0 radical (unpaired) electrons. The molecule has 0 bridgehead atoms. The van der Waals surface area contributed by atoms with E-state index in [-0.39, 0.29) is 59.4 Å². The first-order chi connectivity index (χ1) is 24.2. The molecule has 2 aromatic carbocycles. The number of carbonyl (C=O) groups is 4. The van der Waals surface area contributed by atoms with E-state index in [4.69, 9.17) is 21.2 Å². The van der Waals surface area contributed by atoms with Crippen LogP contribution in [0.1, 0.15) is 22.9 Å². The zero-order valence-corrected chi connectivity index (χ0v) is 31.3. The Kier molecular flexibility index (Phi) is 13.8. The fourth-order valence-electron chi connectivity index (χ4n) is 5.27. The van der Waals surface area contributed by atoms with E-state index in [1.807, 2.05) is 66.1 Å². The second kappa shape index (κ2) is 17.8. The Bertz CT molecular complexity index is 1870. The summed E-state index contributed by atoms with van der Waals surface area (Å²) in [6.45, 7) is -0.526. The third-order valence-electron chi connectivity index (χ3n) is 7.84. The summed E-state index contributed by atoms with van der Waals surface area (Å²) in [6.07, 6.45) is -0.694. The maximum Gasteiger partial charge on any atom is 0.316 e. The summed E-state index contributed by atoms with van der Waals surface area (Å²) in [6, 6.07) is 17.9. The van der Waals surface area contributed by atoms with Crippen LogP contribution < -0.4 is 22.3 Å². The minimum absolute atomic E-state index is 0. The van der Waals surface area contributed by atoms with Crippen LogP contribution in [0.3, 0.4) is 0 Å². The molecular weight excluding hydrogens is 778 g/mol. The lowest BCUT2D eigenvalue weighted by atomic mass is 9.88. The number of hydrogen-bond donors (Lipinski definition) is 4. The zero-order valence-electron chi connectivity index (χ0n) is 27.2. The fraction of sp³-hybridized carbons (Fsp3) is 0.300.